The van der Waals surface area contributed by atoms with E-state index in [4.69, 9.17) is 5.11 Å². The molecule has 1 aliphatic rings. The number of hydrogen-bond donors (Lipinski definition) is 1. The highest BCUT2D eigenvalue weighted by atomic mass is 19.3. The number of carboxylic acids is 1. The molecular weight excluding hydrogens is 228 g/mol. The third-order valence-corrected chi connectivity index (χ3v) is 3.00. The van der Waals surface area contributed by atoms with Crippen molar-refractivity contribution in [2.24, 2.45) is 0 Å². The van der Waals surface area contributed by atoms with Crippen LogP contribution in [-0.4, -0.2) is 35.0 Å². The van der Waals surface area contributed by atoms with E-state index in [1.807, 2.05) is 24.3 Å². The number of carboxylic acid groups (broad SMARTS) is 1. The van der Waals surface area contributed by atoms with Gasteiger partial charge in [-0.05, 0) is 17.5 Å². The first kappa shape index (κ1) is 12.0. The van der Waals surface area contributed by atoms with Crippen LogP contribution in [0.15, 0.2) is 24.3 Å². The van der Waals surface area contributed by atoms with Crippen molar-refractivity contribution in [2.75, 3.05) is 6.54 Å². The average Bonchev–Trinajstić information content (AvgIpc) is 2.27. The first-order chi connectivity index (χ1) is 8.08. The molecule has 0 saturated heterocycles. The first-order valence-electron chi connectivity index (χ1n) is 5.39. The SMILES string of the molecule is O=C(O)C1Cc2ccccc2CN1CC(F)F. The molecule has 1 aromatic rings. The summed E-state index contributed by atoms with van der Waals surface area (Å²) < 4.78 is 24.8. The van der Waals surface area contributed by atoms with Crippen LogP contribution in [0.2, 0.25) is 0 Å². The molecule has 17 heavy (non-hydrogen) atoms. The van der Waals surface area contributed by atoms with Gasteiger partial charge < -0.3 is 5.11 Å². The number of benzene rings is 1. The summed E-state index contributed by atoms with van der Waals surface area (Å²) in [5.41, 5.74) is 1.87. The normalized spacial score (nSPS) is 20.3. The summed E-state index contributed by atoms with van der Waals surface area (Å²) in [6.45, 7) is -0.219. The second-order valence-corrected chi connectivity index (χ2v) is 4.15. The summed E-state index contributed by atoms with van der Waals surface area (Å²) in [6.07, 6.45) is -2.22. The maximum absolute atomic E-state index is 12.4. The quantitative estimate of drug-likeness (QED) is 0.876. The Morgan fingerprint density at radius 2 is 2.06 bits per heavy atom. The molecule has 1 heterocycles. The molecule has 0 bridgehead atoms. The number of hydrogen-bond acceptors (Lipinski definition) is 2. The number of halogens is 2. The minimum Gasteiger partial charge on any atom is -0.480 e. The van der Waals surface area contributed by atoms with E-state index >= 15 is 0 Å². The predicted molar refractivity (Wildman–Crippen MR) is 58.0 cm³/mol. The maximum atomic E-state index is 12.4. The van der Waals surface area contributed by atoms with Crippen molar-refractivity contribution < 1.29 is 18.7 Å². The van der Waals surface area contributed by atoms with Crippen molar-refractivity contribution in [3.8, 4) is 0 Å². The van der Waals surface area contributed by atoms with Gasteiger partial charge in [-0.2, -0.15) is 0 Å². The molecule has 1 N–H and O–H groups in total. The highest BCUT2D eigenvalue weighted by molar-refractivity contribution is 5.74. The van der Waals surface area contributed by atoms with Gasteiger partial charge in [0.2, 0.25) is 0 Å². The molecular formula is C12H13F2NO2. The zero-order valence-corrected chi connectivity index (χ0v) is 9.14. The fourth-order valence-corrected chi connectivity index (χ4v) is 2.19. The van der Waals surface area contributed by atoms with Gasteiger partial charge in [-0.1, -0.05) is 24.3 Å². The molecule has 1 atom stereocenters. The van der Waals surface area contributed by atoms with Crippen molar-refractivity contribution in [3.05, 3.63) is 35.4 Å². The Labute approximate surface area is 97.7 Å². The number of fused-ring (bicyclic) bond motifs is 1. The summed E-state index contributed by atoms with van der Waals surface area (Å²) in [5, 5.41) is 9.06. The van der Waals surface area contributed by atoms with E-state index in [1.54, 1.807) is 0 Å². The fourth-order valence-electron chi connectivity index (χ4n) is 2.19. The molecule has 0 amide bonds. The number of rotatable bonds is 3. The lowest BCUT2D eigenvalue weighted by molar-refractivity contribution is -0.144. The summed E-state index contributed by atoms with van der Waals surface area (Å²) in [6, 6.07) is 6.52. The fraction of sp³-hybridized carbons (Fsp3) is 0.417. The Hall–Kier alpha value is -1.49. The molecule has 0 aliphatic carbocycles. The van der Waals surface area contributed by atoms with E-state index in [-0.39, 0.29) is 13.0 Å². The molecule has 0 aromatic heterocycles. The highest BCUT2D eigenvalue weighted by Crippen LogP contribution is 2.23. The van der Waals surface area contributed by atoms with Crippen LogP contribution in [-0.2, 0) is 17.8 Å². The Morgan fingerprint density at radius 3 is 2.65 bits per heavy atom. The summed E-state index contributed by atoms with van der Waals surface area (Å²) in [4.78, 5) is 12.4. The second kappa shape index (κ2) is 4.79. The minimum atomic E-state index is -2.51. The van der Waals surface area contributed by atoms with Crippen LogP contribution in [0.1, 0.15) is 11.1 Å². The van der Waals surface area contributed by atoms with Crippen LogP contribution in [0.3, 0.4) is 0 Å². The number of alkyl halides is 2. The highest BCUT2D eigenvalue weighted by Gasteiger charge is 2.32. The van der Waals surface area contributed by atoms with Crippen LogP contribution < -0.4 is 0 Å². The largest absolute Gasteiger partial charge is 0.480 e. The zero-order valence-electron chi connectivity index (χ0n) is 9.14. The van der Waals surface area contributed by atoms with Crippen LogP contribution in [0.25, 0.3) is 0 Å². The molecule has 1 aliphatic heterocycles. The average molecular weight is 241 g/mol. The lowest BCUT2D eigenvalue weighted by Gasteiger charge is -2.33. The third kappa shape index (κ3) is 2.61. The van der Waals surface area contributed by atoms with Crippen LogP contribution in [0.5, 0.6) is 0 Å². The molecule has 0 saturated carbocycles. The van der Waals surface area contributed by atoms with Crippen molar-refractivity contribution in [3.63, 3.8) is 0 Å². The van der Waals surface area contributed by atoms with E-state index in [9.17, 15) is 13.6 Å². The molecule has 2 rings (SSSR count). The van der Waals surface area contributed by atoms with Gasteiger partial charge in [0.25, 0.3) is 6.43 Å². The molecule has 5 heteroatoms. The van der Waals surface area contributed by atoms with Crippen molar-refractivity contribution >= 4 is 5.97 Å². The number of carbonyl (C=O) groups is 1. The first-order valence-corrected chi connectivity index (χ1v) is 5.39. The van der Waals surface area contributed by atoms with E-state index in [2.05, 4.69) is 0 Å². The van der Waals surface area contributed by atoms with Crippen molar-refractivity contribution in [2.45, 2.75) is 25.4 Å². The summed E-state index contributed by atoms with van der Waals surface area (Å²) >= 11 is 0. The van der Waals surface area contributed by atoms with Crippen LogP contribution in [0.4, 0.5) is 8.78 Å². The van der Waals surface area contributed by atoms with Gasteiger partial charge in [0, 0.05) is 6.54 Å². The molecule has 3 nitrogen and oxygen atoms in total. The van der Waals surface area contributed by atoms with Gasteiger partial charge in [-0.25, -0.2) is 8.78 Å². The van der Waals surface area contributed by atoms with Crippen molar-refractivity contribution in [1.29, 1.82) is 0 Å². The lowest BCUT2D eigenvalue weighted by atomic mass is 9.94. The van der Waals surface area contributed by atoms with Crippen LogP contribution >= 0.6 is 0 Å². The molecule has 0 spiro atoms. The predicted octanol–water partition coefficient (Wildman–Crippen LogP) is 1.76. The zero-order chi connectivity index (χ0) is 12.4. The van der Waals surface area contributed by atoms with Gasteiger partial charge in [0.05, 0.1) is 6.54 Å². The monoisotopic (exact) mass is 241 g/mol. The minimum absolute atomic E-state index is 0.275. The van der Waals surface area contributed by atoms with E-state index in [1.165, 1.54) is 4.90 Å². The van der Waals surface area contributed by atoms with Gasteiger partial charge in [0.15, 0.2) is 0 Å². The van der Waals surface area contributed by atoms with E-state index in [0.717, 1.165) is 11.1 Å². The topological polar surface area (TPSA) is 40.5 Å². The Bertz CT molecular complexity index is 423. The van der Waals surface area contributed by atoms with Gasteiger partial charge >= 0.3 is 5.97 Å². The Morgan fingerprint density at radius 1 is 1.41 bits per heavy atom. The van der Waals surface area contributed by atoms with Gasteiger partial charge in [-0.3, -0.25) is 9.69 Å². The molecule has 0 fully saturated rings. The van der Waals surface area contributed by atoms with Crippen molar-refractivity contribution in [1.82, 2.24) is 4.90 Å². The molecule has 92 valence electrons. The van der Waals surface area contributed by atoms with E-state index in [0.29, 0.717) is 0 Å². The number of aliphatic carboxylic acids is 1. The maximum Gasteiger partial charge on any atom is 0.321 e. The summed E-state index contributed by atoms with van der Waals surface area (Å²) in [5.74, 6) is -1.04. The summed E-state index contributed by atoms with van der Waals surface area (Å²) in [7, 11) is 0. The Balaban J connectivity index is 2.24. The second-order valence-electron chi connectivity index (χ2n) is 4.15. The van der Waals surface area contributed by atoms with E-state index < -0.39 is 25.0 Å². The standard InChI is InChI=1S/C12H13F2NO2/c13-11(14)7-15-6-9-4-2-1-3-8(9)5-10(15)12(16)17/h1-4,10-11H,5-7H2,(H,16,17). The van der Waals surface area contributed by atoms with Gasteiger partial charge in [0.1, 0.15) is 6.04 Å². The smallest absolute Gasteiger partial charge is 0.321 e. The molecule has 0 radical (unpaired) electrons. The third-order valence-electron chi connectivity index (χ3n) is 3.00. The van der Waals surface area contributed by atoms with Crippen LogP contribution in [0, 0.1) is 0 Å². The molecule has 1 unspecified atom stereocenters. The van der Waals surface area contributed by atoms with Gasteiger partial charge in [-0.15, -0.1) is 0 Å². The lowest BCUT2D eigenvalue weighted by Crippen LogP contribution is -2.47. The number of nitrogens with zero attached hydrogens (tertiary/aromatic N) is 1. The Kier molecular flexibility index (Phi) is 3.38. The molecule has 1 aromatic carbocycles.